The van der Waals surface area contributed by atoms with Crippen molar-refractivity contribution in [3.8, 4) is 11.8 Å². The van der Waals surface area contributed by atoms with Gasteiger partial charge in [-0.1, -0.05) is 0 Å². The molecule has 0 fully saturated rings. The van der Waals surface area contributed by atoms with Crippen molar-refractivity contribution in [3.05, 3.63) is 77.0 Å². The van der Waals surface area contributed by atoms with Gasteiger partial charge in [0.1, 0.15) is 0 Å². The maximum absolute atomic E-state index is 12.1. The summed E-state index contributed by atoms with van der Waals surface area (Å²) in [4.78, 5) is 27.7. The molecule has 0 spiro atoms. The zero-order chi connectivity index (χ0) is 19.5. The van der Waals surface area contributed by atoms with E-state index in [1.165, 1.54) is 14.4 Å². The molecule has 0 amide bonds. The number of benzene rings is 1. The fourth-order valence-electron chi connectivity index (χ4n) is 2.82. The van der Waals surface area contributed by atoms with Crippen molar-refractivity contribution >= 4 is 34.4 Å². The van der Waals surface area contributed by atoms with Crippen LogP contribution in [-0.4, -0.2) is 34.6 Å². The van der Waals surface area contributed by atoms with Gasteiger partial charge in [-0.15, -0.1) is 0 Å². The third-order valence-electron chi connectivity index (χ3n) is 4.49. The van der Waals surface area contributed by atoms with Crippen LogP contribution >= 0.6 is 0 Å². The van der Waals surface area contributed by atoms with Gasteiger partial charge in [-0.3, -0.25) is 0 Å². The predicted octanol–water partition coefficient (Wildman–Crippen LogP) is 2.31. The van der Waals surface area contributed by atoms with Gasteiger partial charge < -0.3 is 0 Å². The van der Waals surface area contributed by atoms with Gasteiger partial charge >= 0.3 is 167 Å². The number of rotatable bonds is 5. The Morgan fingerprint density at radius 3 is 2.61 bits per heavy atom. The molecule has 0 aliphatic heterocycles. The quantitative estimate of drug-likeness (QED) is 0.488. The second-order valence-electron chi connectivity index (χ2n) is 6.30. The predicted molar refractivity (Wildman–Crippen MR) is 111 cm³/mol. The van der Waals surface area contributed by atoms with E-state index in [1.54, 1.807) is 18.5 Å². The number of aromatic amines is 1. The Morgan fingerprint density at radius 2 is 1.89 bits per heavy atom. The zero-order valence-corrected chi connectivity index (χ0v) is 17.5. The van der Waals surface area contributed by atoms with Gasteiger partial charge in [-0.25, -0.2) is 0 Å². The molecular weight excluding hydrogens is 415 g/mol. The third-order valence-corrected chi connectivity index (χ3v) is 8.73. The topological polar surface area (TPSA) is 80.8 Å². The Bertz CT molecular complexity index is 1160. The van der Waals surface area contributed by atoms with Crippen molar-refractivity contribution in [1.82, 2.24) is 19.9 Å². The van der Waals surface area contributed by atoms with Crippen LogP contribution in [0.2, 0.25) is 5.71 Å². The number of fused-ring (bicyclic) bond motifs is 1. The first-order chi connectivity index (χ1) is 13.6. The molecule has 1 unspecified atom stereocenters. The second kappa shape index (κ2) is 7.95. The molecule has 7 heteroatoms. The van der Waals surface area contributed by atoms with Crippen molar-refractivity contribution in [2.45, 2.75) is 19.1 Å². The summed E-state index contributed by atoms with van der Waals surface area (Å²) in [5.74, 6) is 0.617. The number of aromatic nitrogens is 4. The van der Waals surface area contributed by atoms with E-state index in [4.69, 9.17) is 4.74 Å². The van der Waals surface area contributed by atoms with E-state index in [-0.39, 0.29) is 11.6 Å². The molecule has 4 aromatic rings. The summed E-state index contributed by atoms with van der Waals surface area (Å²) < 4.78 is 8.20. The molecule has 3 heterocycles. The zero-order valence-electron chi connectivity index (χ0n) is 15.6. The van der Waals surface area contributed by atoms with Gasteiger partial charge in [0.15, 0.2) is 0 Å². The van der Waals surface area contributed by atoms with Gasteiger partial charge in [0.05, 0.1) is 0 Å². The molecule has 0 bridgehead atoms. The Labute approximate surface area is 166 Å². The van der Waals surface area contributed by atoms with E-state index in [2.05, 4.69) is 56.8 Å². The van der Waals surface area contributed by atoms with Crippen LogP contribution in [0, 0.1) is 0 Å². The molecule has 0 aliphatic rings. The van der Waals surface area contributed by atoms with Crippen molar-refractivity contribution in [3.63, 3.8) is 0 Å². The molecule has 1 aromatic carbocycles. The fraction of sp³-hybridized carbons (Fsp3) is 0.143. The molecule has 1 N–H and O–H groups in total. The minimum atomic E-state index is -1.42. The van der Waals surface area contributed by atoms with E-state index in [1.807, 2.05) is 18.3 Å². The molecular formula is C21H19AsN4O2. The van der Waals surface area contributed by atoms with Crippen molar-refractivity contribution in [1.29, 1.82) is 0 Å². The number of nitrogens with zero attached hydrogens (tertiary/aromatic N) is 3. The van der Waals surface area contributed by atoms with E-state index >= 15 is 0 Å². The first-order valence-corrected chi connectivity index (χ1v) is 12.7. The minimum absolute atomic E-state index is 0.154. The first-order valence-electron chi connectivity index (χ1n) is 8.94. The number of nitrogens with one attached hydrogen (secondary N) is 1. The summed E-state index contributed by atoms with van der Waals surface area (Å²) in [6.07, 6.45) is 6.07. The molecule has 6 nitrogen and oxygen atoms in total. The normalized spacial score (nSPS) is 12.1. The summed E-state index contributed by atoms with van der Waals surface area (Å²) >= 11 is -1.42. The van der Waals surface area contributed by atoms with E-state index < -0.39 is 14.7 Å². The Kier molecular flexibility index (Phi) is 5.22. The summed E-state index contributed by atoms with van der Waals surface area (Å²) in [5.41, 5.74) is 3.77. The number of hydrogen-bond donors (Lipinski definition) is 1. The molecule has 0 saturated heterocycles. The van der Waals surface area contributed by atoms with Gasteiger partial charge in [-0.2, -0.15) is 0 Å². The molecule has 4 rings (SSSR count). The van der Waals surface area contributed by atoms with Crippen LogP contribution in [0.15, 0.2) is 65.8 Å². The number of ether oxygens (including phenoxy) is 1. The molecule has 0 aliphatic carbocycles. The molecule has 0 radical (unpaired) electrons. The number of pyridine rings is 2. The van der Waals surface area contributed by atoms with Crippen LogP contribution in [0.4, 0.5) is 0 Å². The van der Waals surface area contributed by atoms with Gasteiger partial charge in [0.25, 0.3) is 0 Å². The maximum atomic E-state index is 12.1. The van der Waals surface area contributed by atoms with Crippen molar-refractivity contribution < 1.29 is 4.74 Å². The van der Waals surface area contributed by atoms with E-state index in [9.17, 15) is 4.79 Å². The summed E-state index contributed by atoms with van der Waals surface area (Å²) in [5, 5.41) is 0.486. The Hall–Kier alpha value is -2.98. The molecule has 140 valence electrons. The van der Waals surface area contributed by atoms with Crippen molar-refractivity contribution in [2.75, 3.05) is 0 Å². The van der Waals surface area contributed by atoms with Crippen LogP contribution in [0.5, 0.6) is 11.8 Å². The van der Waals surface area contributed by atoms with Crippen LogP contribution in [0.1, 0.15) is 12.5 Å². The van der Waals surface area contributed by atoms with Crippen LogP contribution < -0.4 is 19.1 Å². The average molecular weight is 434 g/mol. The molecule has 1 atom stereocenters. The molecule has 3 aromatic heterocycles. The molecule has 0 saturated carbocycles. The van der Waals surface area contributed by atoms with Crippen LogP contribution in [-0.2, 0) is 6.42 Å². The van der Waals surface area contributed by atoms with Crippen molar-refractivity contribution in [2.24, 2.45) is 0 Å². The summed E-state index contributed by atoms with van der Waals surface area (Å²) in [7, 11) is 0. The second-order valence-corrected chi connectivity index (χ2v) is 10.7. The number of H-pyrrole nitrogens is 1. The van der Waals surface area contributed by atoms with Crippen LogP contribution in [0.3, 0.4) is 0 Å². The van der Waals surface area contributed by atoms with Gasteiger partial charge in [0.2, 0.25) is 0 Å². The van der Waals surface area contributed by atoms with Crippen LogP contribution in [0.25, 0.3) is 10.9 Å². The van der Waals surface area contributed by atoms with Gasteiger partial charge in [-0.05, 0) is 0 Å². The fourth-order valence-corrected chi connectivity index (χ4v) is 5.74. The number of hydrogen-bond acceptors (Lipinski definition) is 5. The summed E-state index contributed by atoms with van der Waals surface area (Å²) in [6, 6.07) is 14.0. The monoisotopic (exact) mass is 434 g/mol. The van der Waals surface area contributed by atoms with E-state index in [0.717, 1.165) is 6.42 Å². The average Bonchev–Trinajstić information content (AvgIpc) is 2.74. The standard InChI is InChI=1S/C21H19AsN4O2/c1-3-14-4-9-19(24-12-14)22(2)15-5-7-16(8-6-15)28-21-25-18-13-23-11-10-17(18)20(27)26-21/h4-13H,3H2,1-2H3,(H,25,26,27). The SMILES string of the molecule is CCc1ccc([As](C)c2ccc(Oc3nc4cnccc4c(=O)[nH]3)cc2)nc1. The third kappa shape index (κ3) is 3.82. The Morgan fingerprint density at radius 1 is 1.07 bits per heavy atom. The first kappa shape index (κ1) is 18.4. The van der Waals surface area contributed by atoms with Gasteiger partial charge in [0, 0.05) is 0 Å². The number of aryl methyl sites for hydroxylation is 1. The Balaban J connectivity index is 1.54. The van der Waals surface area contributed by atoms with E-state index in [0.29, 0.717) is 16.7 Å². The summed E-state index contributed by atoms with van der Waals surface area (Å²) in [6.45, 7) is 2.13. The molecule has 28 heavy (non-hydrogen) atoms.